The summed E-state index contributed by atoms with van der Waals surface area (Å²) in [5.41, 5.74) is 2.91. The molecule has 2 aromatic rings. The normalized spacial score (nSPS) is 13.3. The first-order valence-corrected chi connectivity index (χ1v) is 9.85. The number of carbonyl (C=O) groups is 2. The van der Waals surface area contributed by atoms with E-state index in [1.54, 1.807) is 42.2 Å². The van der Waals surface area contributed by atoms with Crippen molar-refractivity contribution < 1.29 is 18.0 Å². The molecule has 0 radical (unpaired) electrons. The summed E-state index contributed by atoms with van der Waals surface area (Å²) < 4.78 is 23.6. The average molecular weight is 373 g/mol. The number of carbonyl (C=O) groups excluding carboxylic acids is 2. The molecule has 1 N–H and O–H groups in total. The number of pyridine rings is 1. The third-order valence-electron chi connectivity index (χ3n) is 4.31. The number of aromatic nitrogens is 1. The maximum absolute atomic E-state index is 12.3. The minimum absolute atomic E-state index is 0.0515. The summed E-state index contributed by atoms with van der Waals surface area (Å²) in [6.07, 6.45) is 2.27. The van der Waals surface area contributed by atoms with Gasteiger partial charge in [-0.3, -0.25) is 14.6 Å². The number of nitrogens with zero attached hydrogens (tertiary/aromatic N) is 2. The van der Waals surface area contributed by atoms with Gasteiger partial charge in [-0.05, 0) is 29.3 Å². The number of hydrogen-bond acceptors (Lipinski definition) is 5. The predicted octanol–water partition coefficient (Wildman–Crippen LogP) is 1.28. The van der Waals surface area contributed by atoms with E-state index >= 15 is 0 Å². The maximum Gasteiger partial charge on any atom is 0.253 e. The highest BCUT2D eigenvalue weighted by Crippen LogP contribution is 2.20. The van der Waals surface area contributed by atoms with E-state index in [-0.39, 0.29) is 23.1 Å². The van der Waals surface area contributed by atoms with Crippen LogP contribution in [0.25, 0.3) is 0 Å². The summed E-state index contributed by atoms with van der Waals surface area (Å²) in [7, 11) is -3.23. The van der Waals surface area contributed by atoms with E-state index in [9.17, 15) is 18.0 Å². The summed E-state index contributed by atoms with van der Waals surface area (Å²) in [4.78, 5) is 29.3. The fraction of sp³-hybridized carbons (Fsp3) is 0.278. The van der Waals surface area contributed by atoms with Gasteiger partial charge in [0.25, 0.3) is 5.91 Å². The Morgan fingerprint density at radius 2 is 2.00 bits per heavy atom. The molecule has 0 aliphatic carbocycles. The van der Waals surface area contributed by atoms with Crippen LogP contribution in [0, 0.1) is 0 Å². The molecule has 2 heterocycles. The molecule has 3 rings (SSSR count). The van der Waals surface area contributed by atoms with E-state index < -0.39 is 9.84 Å². The second-order valence-corrected chi connectivity index (χ2v) is 8.35. The molecule has 0 saturated carbocycles. The quantitative estimate of drug-likeness (QED) is 0.770. The first kappa shape index (κ1) is 18.1. The lowest BCUT2D eigenvalue weighted by atomic mass is 10.1. The van der Waals surface area contributed by atoms with Gasteiger partial charge in [0.05, 0.1) is 28.5 Å². The first-order valence-electron chi connectivity index (χ1n) is 8.20. The molecule has 0 atom stereocenters. The number of rotatable bonds is 6. The molecular weight excluding hydrogens is 354 g/mol. The van der Waals surface area contributed by atoms with E-state index in [2.05, 4.69) is 10.3 Å². The second-order valence-electron chi connectivity index (χ2n) is 6.07. The number of amides is 2. The van der Waals surface area contributed by atoms with Crippen molar-refractivity contribution in [3.05, 3.63) is 58.9 Å². The molecule has 1 aromatic carbocycles. The molecule has 1 aliphatic heterocycles. The zero-order valence-corrected chi connectivity index (χ0v) is 15.1. The number of hydrogen-bond donors (Lipinski definition) is 1. The van der Waals surface area contributed by atoms with Gasteiger partial charge >= 0.3 is 0 Å². The highest BCUT2D eigenvalue weighted by molar-refractivity contribution is 7.91. The van der Waals surface area contributed by atoms with Crippen molar-refractivity contribution in [2.45, 2.75) is 31.5 Å². The van der Waals surface area contributed by atoms with Crippen molar-refractivity contribution in [2.24, 2.45) is 0 Å². The summed E-state index contributed by atoms with van der Waals surface area (Å²) >= 11 is 0. The Morgan fingerprint density at radius 1 is 1.27 bits per heavy atom. The summed E-state index contributed by atoms with van der Waals surface area (Å²) in [6, 6.07) is 8.21. The van der Waals surface area contributed by atoms with Gasteiger partial charge in [-0.25, -0.2) is 8.42 Å². The smallest absolute Gasteiger partial charge is 0.253 e. The molecule has 1 aromatic heterocycles. The Balaban J connectivity index is 1.64. The lowest BCUT2D eigenvalue weighted by Gasteiger charge is -2.07. The third-order valence-corrected chi connectivity index (χ3v) is 6.06. The van der Waals surface area contributed by atoms with E-state index in [4.69, 9.17) is 0 Å². The number of nitrogens with one attached hydrogen (secondary N) is 1. The fourth-order valence-corrected chi connectivity index (χ4v) is 3.63. The molecule has 136 valence electrons. The van der Waals surface area contributed by atoms with Crippen LogP contribution in [0.4, 0.5) is 0 Å². The second kappa shape index (κ2) is 7.25. The highest BCUT2D eigenvalue weighted by atomic mass is 32.2. The summed E-state index contributed by atoms with van der Waals surface area (Å²) in [5.74, 6) is -0.217. The lowest BCUT2D eigenvalue weighted by Crippen LogP contribution is -2.23. The zero-order chi connectivity index (χ0) is 18.7. The Bertz CT molecular complexity index is 939. The molecule has 0 bridgehead atoms. The van der Waals surface area contributed by atoms with Crippen molar-refractivity contribution in [1.82, 2.24) is 15.2 Å². The minimum Gasteiger partial charge on any atom is -0.348 e. The standard InChI is InChI=1S/C18H19N3O4S/c1-2-26(24,25)16-5-3-13(4-6-16)8-20-18(23)14-7-15-10-21(12-22)11-17(15)19-9-14/h3-7,9,12H,2,8,10-11H2,1H3,(H,20,23). The van der Waals surface area contributed by atoms with Gasteiger partial charge in [-0.15, -0.1) is 0 Å². The predicted molar refractivity (Wildman–Crippen MR) is 94.9 cm³/mol. The molecule has 1 aliphatic rings. The largest absolute Gasteiger partial charge is 0.348 e. The Morgan fingerprint density at radius 3 is 2.65 bits per heavy atom. The zero-order valence-electron chi connectivity index (χ0n) is 14.3. The van der Waals surface area contributed by atoms with Gasteiger partial charge in [-0.2, -0.15) is 0 Å². The van der Waals surface area contributed by atoms with Gasteiger partial charge in [0, 0.05) is 19.3 Å². The van der Waals surface area contributed by atoms with Crippen LogP contribution in [-0.4, -0.2) is 36.4 Å². The van der Waals surface area contributed by atoms with Crippen LogP contribution in [0.1, 0.15) is 34.1 Å². The van der Waals surface area contributed by atoms with Crippen LogP contribution in [0.5, 0.6) is 0 Å². The minimum atomic E-state index is -3.23. The molecule has 2 amide bonds. The van der Waals surface area contributed by atoms with Gasteiger partial charge in [0.1, 0.15) is 0 Å². The Labute approximate surface area is 152 Å². The molecule has 0 saturated heterocycles. The molecule has 7 nitrogen and oxygen atoms in total. The Kier molecular flexibility index (Phi) is 5.03. The average Bonchev–Trinajstić information content (AvgIpc) is 3.08. The lowest BCUT2D eigenvalue weighted by molar-refractivity contribution is -0.118. The number of sulfone groups is 1. The number of fused-ring (bicyclic) bond motifs is 1. The number of benzene rings is 1. The van der Waals surface area contributed by atoms with E-state index in [1.807, 2.05) is 0 Å². The highest BCUT2D eigenvalue weighted by Gasteiger charge is 2.20. The van der Waals surface area contributed by atoms with Crippen LogP contribution >= 0.6 is 0 Å². The Hall–Kier alpha value is -2.74. The van der Waals surface area contributed by atoms with Crippen LogP contribution < -0.4 is 5.32 Å². The molecule has 0 spiro atoms. The van der Waals surface area contributed by atoms with E-state index in [0.717, 1.165) is 23.2 Å². The van der Waals surface area contributed by atoms with Crippen LogP contribution in [0.15, 0.2) is 41.4 Å². The summed E-state index contributed by atoms with van der Waals surface area (Å²) in [6.45, 7) is 2.80. The fourth-order valence-electron chi connectivity index (χ4n) is 2.75. The molecule has 26 heavy (non-hydrogen) atoms. The molecule has 8 heteroatoms. The molecule has 0 unspecified atom stereocenters. The van der Waals surface area contributed by atoms with Gasteiger partial charge < -0.3 is 10.2 Å². The monoisotopic (exact) mass is 373 g/mol. The SMILES string of the molecule is CCS(=O)(=O)c1ccc(CNC(=O)c2cnc3c(c2)CN(C=O)C3)cc1. The summed E-state index contributed by atoms with van der Waals surface area (Å²) in [5, 5.41) is 2.79. The van der Waals surface area contributed by atoms with Crippen LogP contribution in [-0.2, 0) is 34.3 Å². The molecular formula is C18H19N3O4S. The van der Waals surface area contributed by atoms with Gasteiger partial charge in [0.2, 0.25) is 6.41 Å². The van der Waals surface area contributed by atoms with Crippen molar-refractivity contribution in [3.8, 4) is 0 Å². The maximum atomic E-state index is 12.3. The van der Waals surface area contributed by atoms with Crippen molar-refractivity contribution in [2.75, 3.05) is 5.75 Å². The van der Waals surface area contributed by atoms with Crippen molar-refractivity contribution in [1.29, 1.82) is 0 Å². The first-order chi connectivity index (χ1) is 12.4. The molecule has 0 fully saturated rings. The van der Waals surface area contributed by atoms with Gasteiger partial charge in [0.15, 0.2) is 9.84 Å². The van der Waals surface area contributed by atoms with E-state index in [1.165, 1.54) is 6.20 Å². The van der Waals surface area contributed by atoms with Crippen molar-refractivity contribution >= 4 is 22.2 Å². The van der Waals surface area contributed by atoms with Gasteiger partial charge in [-0.1, -0.05) is 19.1 Å². The van der Waals surface area contributed by atoms with Crippen LogP contribution in [0.3, 0.4) is 0 Å². The van der Waals surface area contributed by atoms with E-state index in [0.29, 0.717) is 18.7 Å². The van der Waals surface area contributed by atoms with Crippen molar-refractivity contribution in [3.63, 3.8) is 0 Å². The third kappa shape index (κ3) is 3.75. The van der Waals surface area contributed by atoms with Crippen LogP contribution in [0.2, 0.25) is 0 Å². The topological polar surface area (TPSA) is 96.4 Å².